The molecular formula is C15H15ClN4O3. The van der Waals surface area contributed by atoms with Crippen LogP contribution in [0.5, 0.6) is 11.5 Å². The Morgan fingerprint density at radius 1 is 1.30 bits per heavy atom. The number of aromatic nitrogens is 2. The number of hydrogen-bond donors (Lipinski definition) is 1. The molecular weight excluding hydrogens is 320 g/mol. The molecule has 3 rings (SSSR count). The highest BCUT2D eigenvalue weighted by Crippen LogP contribution is 2.34. The number of fused-ring (bicyclic) bond motifs is 1. The third kappa shape index (κ3) is 3.00. The molecule has 0 fully saturated rings. The van der Waals surface area contributed by atoms with Crippen LogP contribution in [0.25, 0.3) is 0 Å². The van der Waals surface area contributed by atoms with Gasteiger partial charge in [0, 0.05) is 18.2 Å². The minimum absolute atomic E-state index is 0.165. The first-order valence-electron chi connectivity index (χ1n) is 6.88. The van der Waals surface area contributed by atoms with Gasteiger partial charge < -0.3 is 19.7 Å². The monoisotopic (exact) mass is 334 g/mol. The molecule has 1 aromatic heterocycles. The highest BCUT2D eigenvalue weighted by atomic mass is 35.5. The molecule has 0 aliphatic carbocycles. The predicted molar refractivity (Wildman–Crippen MR) is 86.3 cm³/mol. The van der Waals surface area contributed by atoms with Gasteiger partial charge in [0.1, 0.15) is 23.5 Å². The summed E-state index contributed by atoms with van der Waals surface area (Å²) in [5.74, 6) is 1.80. The zero-order valence-electron chi connectivity index (χ0n) is 12.7. The second kappa shape index (κ2) is 6.29. The molecule has 2 heterocycles. The summed E-state index contributed by atoms with van der Waals surface area (Å²) < 4.78 is 10.6. The SMILES string of the molecule is COc1ccc(CN2CC(=O)Nc3c(Cl)ncnc32)c(OC)c1. The zero-order valence-corrected chi connectivity index (χ0v) is 13.4. The summed E-state index contributed by atoms with van der Waals surface area (Å²) in [6, 6.07) is 5.54. The Bertz CT molecular complexity index is 753. The minimum Gasteiger partial charge on any atom is -0.497 e. The first-order valence-corrected chi connectivity index (χ1v) is 7.26. The number of ether oxygens (including phenoxy) is 2. The summed E-state index contributed by atoms with van der Waals surface area (Å²) in [6.07, 6.45) is 1.37. The number of nitrogens with zero attached hydrogens (tertiary/aromatic N) is 3. The van der Waals surface area contributed by atoms with Crippen molar-refractivity contribution >= 4 is 29.0 Å². The minimum atomic E-state index is -0.165. The third-order valence-electron chi connectivity index (χ3n) is 3.53. The number of hydrogen-bond acceptors (Lipinski definition) is 6. The Labute approximate surface area is 138 Å². The fraction of sp³-hybridized carbons (Fsp3) is 0.267. The van der Waals surface area contributed by atoms with Crippen molar-refractivity contribution in [3.63, 3.8) is 0 Å². The number of methoxy groups -OCH3 is 2. The smallest absolute Gasteiger partial charge is 0.244 e. The number of nitrogens with one attached hydrogen (secondary N) is 1. The molecule has 0 radical (unpaired) electrons. The molecule has 1 aliphatic rings. The highest BCUT2D eigenvalue weighted by Gasteiger charge is 2.26. The summed E-state index contributed by atoms with van der Waals surface area (Å²) in [5.41, 5.74) is 1.33. The number of carbonyl (C=O) groups excluding carboxylic acids is 1. The van der Waals surface area contributed by atoms with Gasteiger partial charge in [0.2, 0.25) is 5.91 Å². The van der Waals surface area contributed by atoms with Gasteiger partial charge >= 0.3 is 0 Å². The summed E-state index contributed by atoms with van der Waals surface area (Å²) >= 11 is 6.04. The Hall–Kier alpha value is -2.54. The molecule has 8 heteroatoms. The van der Waals surface area contributed by atoms with Gasteiger partial charge in [-0.2, -0.15) is 0 Å². The van der Waals surface area contributed by atoms with E-state index >= 15 is 0 Å². The van der Waals surface area contributed by atoms with Gasteiger partial charge in [0.25, 0.3) is 0 Å². The highest BCUT2D eigenvalue weighted by molar-refractivity contribution is 6.33. The van der Waals surface area contributed by atoms with Crippen LogP contribution in [0.1, 0.15) is 5.56 Å². The molecule has 120 valence electrons. The molecule has 0 unspecified atom stereocenters. The maximum Gasteiger partial charge on any atom is 0.244 e. The predicted octanol–water partition coefficient (Wildman–Crippen LogP) is 2.11. The number of amides is 1. The molecule has 0 spiro atoms. The van der Waals surface area contributed by atoms with Gasteiger partial charge in [0.05, 0.1) is 20.8 Å². The molecule has 1 aliphatic heterocycles. The molecule has 0 atom stereocenters. The lowest BCUT2D eigenvalue weighted by Crippen LogP contribution is -2.38. The lowest BCUT2D eigenvalue weighted by Gasteiger charge is -2.30. The van der Waals surface area contributed by atoms with Crippen LogP contribution < -0.4 is 19.7 Å². The molecule has 0 bridgehead atoms. The second-order valence-corrected chi connectivity index (χ2v) is 5.30. The van der Waals surface area contributed by atoms with Crippen molar-refractivity contribution < 1.29 is 14.3 Å². The molecule has 1 amide bonds. The summed E-state index contributed by atoms with van der Waals surface area (Å²) in [6.45, 7) is 0.621. The number of carbonyl (C=O) groups is 1. The maximum absolute atomic E-state index is 11.9. The van der Waals surface area contributed by atoms with Gasteiger partial charge in [-0.25, -0.2) is 9.97 Å². The molecule has 23 heavy (non-hydrogen) atoms. The van der Waals surface area contributed by atoms with Crippen molar-refractivity contribution in [2.24, 2.45) is 0 Å². The van der Waals surface area contributed by atoms with E-state index in [0.717, 1.165) is 5.56 Å². The van der Waals surface area contributed by atoms with Gasteiger partial charge in [-0.05, 0) is 12.1 Å². The zero-order chi connectivity index (χ0) is 16.4. The maximum atomic E-state index is 11.9. The quantitative estimate of drug-likeness (QED) is 0.863. The second-order valence-electron chi connectivity index (χ2n) is 4.95. The van der Waals surface area contributed by atoms with Gasteiger partial charge in [0.15, 0.2) is 11.0 Å². The Kier molecular flexibility index (Phi) is 4.20. The van der Waals surface area contributed by atoms with Crippen LogP contribution in [0.4, 0.5) is 11.5 Å². The molecule has 1 aromatic carbocycles. The van der Waals surface area contributed by atoms with Crippen molar-refractivity contribution in [3.05, 3.63) is 35.2 Å². The number of halogens is 1. The van der Waals surface area contributed by atoms with Crippen LogP contribution in [0.2, 0.25) is 5.15 Å². The van der Waals surface area contributed by atoms with Crippen molar-refractivity contribution in [2.45, 2.75) is 6.54 Å². The number of anilines is 2. The Morgan fingerprint density at radius 3 is 2.87 bits per heavy atom. The molecule has 7 nitrogen and oxygen atoms in total. The first kappa shape index (κ1) is 15.4. The van der Waals surface area contributed by atoms with E-state index in [4.69, 9.17) is 21.1 Å². The largest absolute Gasteiger partial charge is 0.497 e. The van der Waals surface area contributed by atoms with E-state index in [0.29, 0.717) is 29.5 Å². The Balaban J connectivity index is 1.95. The molecule has 0 saturated carbocycles. The van der Waals surface area contributed by atoms with E-state index in [9.17, 15) is 4.79 Å². The summed E-state index contributed by atoms with van der Waals surface area (Å²) in [4.78, 5) is 21.9. The summed E-state index contributed by atoms with van der Waals surface area (Å²) in [7, 11) is 3.19. The van der Waals surface area contributed by atoms with Crippen LogP contribution in [0, 0.1) is 0 Å². The van der Waals surface area contributed by atoms with Gasteiger partial charge in [-0.1, -0.05) is 11.6 Å². The van der Waals surface area contributed by atoms with E-state index in [2.05, 4.69) is 15.3 Å². The van der Waals surface area contributed by atoms with E-state index in [1.807, 2.05) is 17.0 Å². The fourth-order valence-electron chi connectivity index (χ4n) is 2.45. The average molecular weight is 335 g/mol. The first-order chi connectivity index (χ1) is 11.1. The molecule has 0 saturated heterocycles. The van der Waals surface area contributed by atoms with E-state index in [1.165, 1.54) is 6.33 Å². The van der Waals surface area contributed by atoms with Crippen molar-refractivity contribution in [1.29, 1.82) is 0 Å². The molecule has 1 N–H and O–H groups in total. The van der Waals surface area contributed by atoms with Crippen molar-refractivity contribution in [1.82, 2.24) is 9.97 Å². The van der Waals surface area contributed by atoms with Crippen LogP contribution in [0.3, 0.4) is 0 Å². The van der Waals surface area contributed by atoms with Crippen molar-refractivity contribution in [2.75, 3.05) is 31.0 Å². The number of benzene rings is 1. The average Bonchev–Trinajstić information content (AvgIpc) is 2.56. The van der Waals surface area contributed by atoms with Gasteiger partial charge in [-0.15, -0.1) is 0 Å². The van der Waals surface area contributed by atoms with Crippen LogP contribution in [-0.4, -0.2) is 36.6 Å². The van der Waals surface area contributed by atoms with Crippen LogP contribution in [0.15, 0.2) is 24.5 Å². The van der Waals surface area contributed by atoms with E-state index in [-0.39, 0.29) is 17.6 Å². The topological polar surface area (TPSA) is 76.6 Å². The van der Waals surface area contributed by atoms with Crippen molar-refractivity contribution in [3.8, 4) is 11.5 Å². The summed E-state index contributed by atoms with van der Waals surface area (Å²) in [5, 5.41) is 2.92. The van der Waals surface area contributed by atoms with E-state index in [1.54, 1.807) is 20.3 Å². The van der Waals surface area contributed by atoms with Crippen LogP contribution >= 0.6 is 11.6 Å². The third-order valence-corrected chi connectivity index (χ3v) is 3.82. The lowest BCUT2D eigenvalue weighted by atomic mass is 10.1. The standard InChI is InChI=1S/C15H15ClN4O3/c1-22-10-4-3-9(11(5-10)23-2)6-20-7-12(21)19-13-14(16)17-8-18-15(13)20/h3-5,8H,6-7H2,1-2H3,(H,19,21). The normalized spacial score (nSPS) is 13.3. The lowest BCUT2D eigenvalue weighted by molar-refractivity contribution is -0.115. The van der Waals surface area contributed by atoms with Crippen LogP contribution in [-0.2, 0) is 11.3 Å². The fourth-order valence-corrected chi connectivity index (χ4v) is 2.62. The Morgan fingerprint density at radius 2 is 2.13 bits per heavy atom. The molecule has 2 aromatic rings. The van der Waals surface area contributed by atoms with Gasteiger partial charge in [-0.3, -0.25) is 4.79 Å². The number of rotatable bonds is 4. The van der Waals surface area contributed by atoms with E-state index < -0.39 is 0 Å².